The highest BCUT2D eigenvalue weighted by atomic mass is 16.6. The molecule has 0 aliphatic heterocycles. The number of ether oxygens (including phenoxy) is 3. The van der Waals surface area contributed by atoms with Gasteiger partial charge < -0.3 is 28.6 Å². The largest absolute Gasteiger partial charge is 0.544 e. The van der Waals surface area contributed by atoms with Gasteiger partial charge in [0, 0.05) is 19.3 Å². The average molecular weight is 664 g/mol. The number of quaternary nitrogens is 1. The predicted molar refractivity (Wildman–Crippen MR) is 190 cm³/mol. The van der Waals surface area contributed by atoms with Crippen LogP contribution in [0.3, 0.4) is 0 Å². The van der Waals surface area contributed by atoms with E-state index < -0.39 is 24.1 Å². The maximum Gasteiger partial charge on any atom is 0.306 e. The summed E-state index contributed by atoms with van der Waals surface area (Å²) in [5.41, 5.74) is 0. The van der Waals surface area contributed by atoms with Gasteiger partial charge in [0.05, 0.1) is 40.3 Å². The van der Waals surface area contributed by atoms with Crippen molar-refractivity contribution in [2.24, 2.45) is 0 Å². The molecule has 2 atom stereocenters. The molecule has 0 radical (unpaired) electrons. The van der Waals surface area contributed by atoms with E-state index in [4.69, 9.17) is 14.2 Å². The highest BCUT2D eigenvalue weighted by Gasteiger charge is 2.25. The number of likely N-dealkylation sites (N-methyl/N-ethyl adjacent to an activating group) is 1. The quantitative estimate of drug-likeness (QED) is 0.0313. The molecule has 272 valence electrons. The van der Waals surface area contributed by atoms with E-state index in [1.165, 1.54) is 57.8 Å². The number of allylic oxidation sites excluding steroid dienone is 6. The summed E-state index contributed by atoms with van der Waals surface area (Å²) in [7, 11) is 5.36. The van der Waals surface area contributed by atoms with Crippen molar-refractivity contribution in [1.82, 2.24) is 0 Å². The van der Waals surface area contributed by atoms with E-state index >= 15 is 0 Å². The van der Waals surface area contributed by atoms with Crippen molar-refractivity contribution in [3.8, 4) is 0 Å². The zero-order chi connectivity index (χ0) is 35.0. The Labute approximate surface area is 287 Å². The number of carbonyl (C=O) groups is 3. The van der Waals surface area contributed by atoms with Crippen LogP contribution in [0.15, 0.2) is 36.5 Å². The third-order valence-corrected chi connectivity index (χ3v) is 8.02. The molecule has 0 saturated carbocycles. The topological polar surface area (TPSA) is 102 Å². The van der Waals surface area contributed by atoms with Crippen molar-refractivity contribution in [2.75, 3.05) is 41.0 Å². The molecule has 0 aromatic rings. The molecule has 0 aliphatic carbocycles. The monoisotopic (exact) mass is 664 g/mol. The van der Waals surface area contributed by atoms with Gasteiger partial charge in [-0.2, -0.15) is 0 Å². The Kier molecular flexibility index (Phi) is 29.2. The van der Waals surface area contributed by atoms with Gasteiger partial charge in [0.25, 0.3) is 0 Å². The van der Waals surface area contributed by atoms with Gasteiger partial charge in [-0.15, -0.1) is 0 Å². The molecule has 0 heterocycles. The number of hydrogen-bond acceptors (Lipinski definition) is 7. The van der Waals surface area contributed by atoms with Crippen molar-refractivity contribution >= 4 is 17.9 Å². The summed E-state index contributed by atoms with van der Waals surface area (Å²) in [5, 5.41) is 11.5. The van der Waals surface area contributed by atoms with Crippen molar-refractivity contribution in [1.29, 1.82) is 0 Å². The van der Waals surface area contributed by atoms with Crippen LogP contribution in [0.2, 0.25) is 0 Å². The maximum atomic E-state index is 12.5. The maximum absolute atomic E-state index is 12.5. The highest BCUT2D eigenvalue weighted by Crippen LogP contribution is 2.12. The summed E-state index contributed by atoms with van der Waals surface area (Å²) in [5.74, 6) is -1.85. The number of carboxylic acids is 1. The summed E-state index contributed by atoms with van der Waals surface area (Å²) in [4.78, 5) is 36.4. The van der Waals surface area contributed by atoms with Crippen LogP contribution in [0.25, 0.3) is 0 Å². The summed E-state index contributed by atoms with van der Waals surface area (Å²) in [6, 6.07) is -0.732. The van der Waals surface area contributed by atoms with Gasteiger partial charge in [0.2, 0.25) is 0 Å². The molecule has 0 aliphatic rings. The molecule has 0 spiro atoms. The average Bonchev–Trinajstić information content (AvgIpc) is 3.01. The van der Waals surface area contributed by atoms with Crippen LogP contribution in [0.4, 0.5) is 0 Å². The van der Waals surface area contributed by atoms with Crippen molar-refractivity contribution in [3.63, 3.8) is 0 Å². The van der Waals surface area contributed by atoms with Gasteiger partial charge >= 0.3 is 11.9 Å². The second-order valence-electron chi connectivity index (χ2n) is 13.4. The summed E-state index contributed by atoms with van der Waals surface area (Å²) in [6.07, 6.45) is 32.1. The van der Waals surface area contributed by atoms with Crippen LogP contribution < -0.4 is 5.11 Å². The molecule has 0 fully saturated rings. The van der Waals surface area contributed by atoms with E-state index in [0.717, 1.165) is 44.9 Å². The molecular weight excluding hydrogens is 594 g/mol. The first-order valence-electron chi connectivity index (χ1n) is 18.5. The fourth-order valence-electron chi connectivity index (χ4n) is 5.12. The molecule has 0 bridgehead atoms. The molecule has 0 aromatic carbocycles. The molecule has 0 amide bonds. The normalized spacial score (nSPS) is 13.5. The van der Waals surface area contributed by atoms with E-state index in [9.17, 15) is 19.5 Å². The number of nitrogens with zero attached hydrogens (tertiary/aromatic N) is 1. The number of carboxylic acid groups (broad SMARTS) is 1. The van der Waals surface area contributed by atoms with E-state index in [0.29, 0.717) is 12.8 Å². The van der Waals surface area contributed by atoms with Crippen molar-refractivity contribution < 1.29 is 38.2 Å². The summed E-state index contributed by atoms with van der Waals surface area (Å²) >= 11 is 0. The second-order valence-corrected chi connectivity index (χ2v) is 13.4. The lowest BCUT2D eigenvalue weighted by atomic mass is 10.1. The van der Waals surface area contributed by atoms with Gasteiger partial charge in [-0.05, 0) is 51.4 Å². The molecule has 8 nitrogen and oxygen atoms in total. The fourth-order valence-corrected chi connectivity index (χ4v) is 5.12. The second kappa shape index (κ2) is 30.9. The van der Waals surface area contributed by atoms with Crippen LogP contribution in [0.1, 0.15) is 142 Å². The van der Waals surface area contributed by atoms with Crippen molar-refractivity contribution in [2.45, 2.75) is 154 Å². The number of aliphatic carboxylic acids is 1. The van der Waals surface area contributed by atoms with Gasteiger partial charge in [-0.1, -0.05) is 108 Å². The molecule has 8 heteroatoms. The molecule has 0 rings (SSSR count). The zero-order valence-corrected chi connectivity index (χ0v) is 30.7. The lowest BCUT2D eigenvalue weighted by molar-refractivity contribution is -0.889. The molecule has 0 N–H and O–H groups in total. The molecule has 2 unspecified atom stereocenters. The summed E-state index contributed by atoms with van der Waals surface area (Å²) < 4.78 is 16.9. The minimum atomic E-state index is -1.14. The van der Waals surface area contributed by atoms with E-state index in [-0.39, 0.29) is 43.1 Å². The SMILES string of the molecule is CC/C=C/C/C=C/CCC(=O)OC(COCCC(C(=O)[O-])[N+](C)(C)C)COC(=O)CCCCCCC/C=C/CCCCCCCCC. The van der Waals surface area contributed by atoms with Crippen LogP contribution >= 0.6 is 0 Å². The third kappa shape index (κ3) is 29.4. The lowest BCUT2D eigenvalue weighted by Gasteiger charge is -2.34. The number of unbranched alkanes of at least 4 members (excludes halogenated alkanes) is 12. The van der Waals surface area contributed by atoms with Crippen LogP contribution in [-0.4, -0.2) is 75.5 Å². The highest BCUT2D eigenvalue weighted by molar-refractivity contribution is 5.70. The van der Waals surface area contributed by atoms with Gasteiger partial charge in [0.1, 0.15) is 12.6 Å². The van der Waals surface area contributed by atoms with Gasteiger partial charge in [-0.3, -0.25) is 9.59 Å². The number of rotatable bonds is 32. The third-order valence-electron chi connectivity index (χ3n) is 8.02. The molecule has 47 heavy (non-hydrogen) atoms. The molecular formula is C39H69NO7. The number of hydrogen-bond donors (Lipinski definition) is 0. The lowest BCUT2D eigenvalue weighted by Crippen LogP contribution is -2.55. The number of esters is 2. The fraction of sp³-hybridized carbons (Fsp3) is 0.769. The minimum absolute atomic E-state index is 0.0150. The van der Waals surface area contributed by atoms with Crippen molar-refractivity contribution in [3.05, 3.63) is 36.5 Å². The first-order chi connectivity index (χ1) is 22.6. The van der Waals surface area contributed by atoms with Gasteiger partial charge in [0.15, 0.2) is 6.10 Å². The van der Waals surface area contributed by atoms with Crippen LogP contribution in [0, 0.1) is 0 Å². The Balaban J connectivity index is 4.37. The Morgan fingerprint density at radius 3 is 1.83 bits per heavy atom. The standard InChI is InChI=1S/C39H69NO7/c1-6-8-10-12-14-15-16-17-18-19-20-21-22-24-25-27-29-37(41)46-34-35(33-45-32-31-36(39(43)44)40(3,4)5)47-38(42)30-28-26-23-13-11-9-7-2/h9,11,18-19,23,26,35-36H,6-8,10,12-17,20-22,24-25,27-34H2,1-5H3/b11-9+,19-18+,26-23+. The number of carbonyl (C=O) groups excluding carboxylic acids is 3. The predicted octanol–water partition coefficient (Wildman–Crippen LogP) is 7.79. The zero-order valence-electron chi connectivity index (χ0n) is 30.7. The Hall–Kier alpha value is -2.45. The van der Waals surface area contributed by atoms with E-state index in [1.807, 2.05) is 12.2 Å². The van der Waals surface area contributed by atoms with Crippen LogP contribution in [-0.2, 0) is 28.6 Å². The van der Waals surface area contributed by atoms with E-state index in [2.05, 4.69) is 38.2 Å². The first kappa shape index (κ1) is 44.5. The van der Waals surface area contributed by atoms with E-state index in [1.54, 1.807) is 21.1 Å². The smallest absolute Gasteiger partial charge is 0.306 e. The van der Waals surface area contributed by atoms with Crippen LogP contribution in [0.5, 0.6) is 0 Å². The Morgan fingerprint density at radius 1 is 0.660 bits per heavy atom. The minimum Gasteiger partial charge on any atom is -0.544 e. The summed E-state index contributed by atoms with van der Waals surface area (Å²) in [6.45, 7) is 4.41. The van der Waals surface area contributed by atoms with Gasteiger partial charge in [-0.25, -0.2) is 0 Å². The Bertz CT molecular complexity index is 875. The first-order valence-corrected chi connectivity index (χ1v) is 18.5. The Morgan fingerprint density at radius 2 is 1.23 bits per heavy atom. The molecule has 0 saturated heterocycles. The molecule has 0 aromatic heterocycles.